The second-order valence-electron chi connectivity index (χ2n) is 6.00. The summed E-state index contributed by atoms with van der Waals surface area (Å²) < 4.78 is 5.79. The van der Waals surface area contributed by atoms with Crippen molar-refractivity contribution in [2.24, 2.45) is 5.92 Å². The summed E-state index contributed by atoms with van der Waals surface area (Å²) >= 11 is 0. The topological polar surface area (TPSA) is 47.0 Å². The average Bonchev–Trinajstić information content (AvgIpc) is 2.31. The van der Waals surface area contributed by atoms with Crippen molar-refractivity contribution in [3.05, 3.63) is 17.5 Å². The first kappa shape index (κ1) is 15.9. The zero-order valence-electron chi connectivity index (χ0n) is 13.1. The van der Waals surface area contributed by atoms with Crippen LogP contribution in [0.25, 0.3) is 0 Å². The second-order valence-corrected chi connectivity index (χ2v) is 6.00. The SMILES string of the molecule is CCC(C)(C)Oc1ncc(CNCC(C)C)c(C)n1. The van der Waals surface area contributed by atoms with Crippen LogP contribution in [0.4, 0.5) is 0 Å². The molecule has 1 heterocycles. The minimum atomic E-state index is -0.218. The molecule has 0 fully saturated rings. The molecule has 1 aromatic heterocycles. The molecule has 0 aliphatic rings. The van der Waals surface area contributed by atoms with E-state index in [0.717, 1.165) is 30.8 Å². The number of hydrogen-bond donors (Lipinski definition) is 1. The van der Waals surface area contributed by atoms with Crippen molar-refractivity contribution < 1.29 is 4.74 Å². The van der Waals surface area contributed by atoms with Gasteiger partial charge in [0.05, 0.1) is 0 Å². The van der Waals surface area contributed by atoms with Crippen molar-refractivity contribution in [3.8, 4) is 6.01 Å². The van der Waals surface area contributed by atoms with E-state index in [-0.39, 0.29) is 5.60 Å². The van der Waals surface area contributed by atoms with Crippen molar-refractivity contribution in [3.63, 3.8) is 0 Å². The van der Waals surface area contributed by atoms with Crippen molar-refractivity contribution in [1.82, 2.24) is 15.3 Å². The molecule has 108 valence electrons. The predicted molar refractivity (Wildman–Crippen MR) is 78.3 cm³/mol. The molecule has 0 saturated carbocycles. The van der Waals surface area contributed by atoms with E-state index in [2.05, 4.69) is 36.1 Å². The van der Waals surface area contributed by atoms with Crippen LogP contribution in [0.3, 0.4) is 0 Å². The van der Waals surface area contributed by atoms with Crippen LogP contribution >= 0.6 is 0 Å². The van der Waals surface area contributed by atoms with E-state index in [0.29, 0.717) is 11.9 Å². The third kappa shape index (κ3) is 5.55. The van der Waals surface area contributed by atoms with Gasteiger partial charge in [0.15, 0.2) is 0 Å². The number of nitrogens with one attached hydrogen (secondary N) is 1. The number of hydrogen-bond acceptors (Lipinski definition) is 4. The van der Waals surface area contributed by atoms with Gasteiger partial charge in [0.2, 0.25) is 0 Å². The lowest BCUT2D eigenvalue weighted by atomic mass is 10.1. The Balaban J connectivity index is 2.64. The van der Waals surface area contributed by atoms with E-state index in [1.165, 1.54) is 0 Å². The summed E-state index contributed by atoms with van der Waals surface area (Å²) in [5, 5.41) is 3.40. The lowest BCUT2D eigenvalue weighted by molar-refractivity contribution is 0.0921. The first-order chi connectivity index (χ1) is 8.84. The molecule has 0 unspecified atom stereocenters. The van der Waals surface area contributed by atoms with Crippen molar-refractivity contribution >= 4 is 0 Å². The molecule has 19 heavy (non-hydrogen) atoms. The fraction of sp³-hybridized carbons (Fsp3) is 0.733. The highest BCUT2D eigenvalue weighted by atomic mass is 16.5. The van der Waals surface area contributed by atoms with Gasteiger partial charge in [-0.25, -0.2) is 9.97 Å². The molecule has 1 N–H and O–H groups in total. The Hall–Kier alpha value is -1.16. The zero-order valence-corrected chi connectivity index (χ0v) is 13.1. The summed E-state index contributed by atoms with van der Waals surface area (Å²) in [7, 11) is 0. The summed E-state index contributed by atoms with van der Waals surface area (Å²) in [6.07, 6.45) is 2.78. The molecule has 0 spiro atoms. The Bertz CT molecular complexity index is 402. The maximum absolute atomic E-state index is 5.79. The highest BCUT2D eigenvalue weighted by Crippen LogP contribution is 2.17. The number of ether oxygens (including phenoxy) is 1. The van der Waals surface area contributed by atoms with Crippen molar-refractivity contribution in [1.29, 1.82) is 0 Å². The molecule has 4 heteroatoms. The van der Waals surface area contributed by atoms with Gasteiger partial charge >= 0.3 is 6.01 Å². The van der Waals surface area contributed by atoms with Crippen LogP contribution in [0.5, 0.6) is 6.01 Å². The van der Waals surface area contributed by atoms with Crippen molar-refractivity contribution in [2.45, 2.75) is 60.1 Å². The lowest BCUT2D eigenvalue weighted by Crippen LogP contribution is -2.28. The average molecular weight is 265 g/mol. The Morgan fingerprint density at radius 3 is 2.58 bits per heavy atom. The van der Waals surface area contributed by atoms with Crippen LogP contribution in [0.2, 0.25) is 0 Å². The number of aryl methyl sites for hydroxylation is 1. The van der Waals surface area contributed by atoms with Gasteiger partial charge in [-0.1, -0.05) is 20.8 Å². The maximum Gasteiger partial charge on any atom is 0.317 e. The number of rotatable bonds is 7. The Morgan fingerprint density at radius 1 is 1.37 bits per heavy atom. The molecule has 0 aliphatic heterocycles. The largest absolute Gasteiger partial charge is 0.457 e. The second kappa shape index (κ2) is 6.85. The molecule has 0 radical (unpaired) electrons. The lowest BCUT2D eigenvalue weighted by Gasteiger charge is -2.23. The van der Waals surface area contributed by atoms with Crippen LogP contribution in [0.15, 0.2) is 6.20 Å². The fourth-order valence-corrected chi connectivity index (χ4v) is 1.51. The Morgan fingerprint density at radius 2 is 2.05 bits per heavy atom. The van der Waals surface area contributed by atoms with Crippen LogP contribution in [0, 0.1) is 12.8 Å². The molecular weight excluding hydrogens is 238 g/mol. The first-order valence-electron chi connectivity index (χ1n) is 7.06. The third-order valence-corrected chi connectivity index (χ3v) is 3.15. The molecule has 0 aliphatic carbocycles. The van der Waals surface area contributed by atoms with Gasteiger partial charge in [-0.15, -0.1) is 0 Å². The van der Waals surface area contributed by atoms with Gasteiger partial charge < -0.3 is 10.1 Å². The fourth-order valence-electron chi connectivity index (χ4n) is 1.51. The molecular formula is C15H27N3O. The Labute approximate surface area is 117 Å². The summed E-state index contributed by atoms with van der Waals surface area (Å²) in [5.41, 5.74) is 1.89. The molecule has 0 bridgehead atoms. The summed E-state index contributed by atoms with van der Waals surface area (Å²) in [4.78, 5) is 8.73. The summed E-state index contributed by atoms with van der Waals surface area (Å²) in [5.74, 6) is 0.647. The molecule has 0 atom stereocenters. The molecule has 1 rings (SSSR count). The van der Waals surface area contributed by atoms with Gasteiger partial charge in [-0.05, 0) is 39.7 Å². The third-order valence-electron chi connectivity index (χ3n) is 3.15. The molecule has 1 aromatic rings. The zero-order chi connectivity index (χ0) is 14.5. The van der Waals surface area contributed by atoms with E-state index in [1.807, 2.05) is 27.0 Å². The number of nitrogens with zero attached hydrogens (tertiary/aromatic N) is 2. The maximum atomic E-state index is 5.79. The van der Waals surface area contributed by atoms with Gasteiger partial charge in [0.1, 0.15) is 5.60 Å². The minimum absolute atomic E-state index is 0.218. The van der Waals surface area contributed by atoms with Gasteiger partial charge in [-0.2, -0.15) is 0 Å². The van der Waals surface area contributed by atoms with Gasteiger partial charge in [0.25, 0.3) is 0 Å². The van der Waals surface area contributed by atoms with Crippen molar-refractivity contribution in [2.75, 3.05) is 6.54 Å². The van der Waals surface area contributed by atoms with E-state index < -0.39 is 0 Å². The van der Waals surface area contributed by atoms with Crippen LogP contribution < -0.4 is 10.1 Å². The monoisotopic (exact) mass is 265 g/mol. The molecule has 0 saturated heterocycles. The van der Waals surface area contributed by atoms with Crippen LogP contribution in [-0.2, 0) is 6.54 Å². The Kier molecular flexibility index (Phi) is 5.73. The first-order valence-corrected chi connectivity index (χ1v) is 7.06. The highest BCUT2D eigenvalue weighted by molar-refractivity contribution is 5.17. The van der Waals surface area contributed by atoms with E-state index >= 15 is 0 Å². The molecule has 0 amide bonds. The van der Waals surface area contributed by atoms with Crippen LogP contribution in [0.1, 0.15) is 52.3 Å². The smallest absolute Gasteiger partial charge is 0.317 e. The van der Waals surface area contributed by atoms with Gasteiger partial charge in [-0.3, -0.25) is 0 Å². The van der Waals surface area contributed by atoms with E-state index in [1.54, 1.807) is 0 Å². The van der Waals surface area contributed by atoms with Gasteiger partial charge in [0, 0.05) is 24.0 Å². The normalized spacial score (nSPS) is 11.9. The molecule has 4 nitrogen and oxygen atoms in total. The van der Waals surface area contributed by atoms with E-state index in [9.17, 15) is 0 Å². The number of aromatic nitrogens is 2. The molecule has 0 aromatic carbocycles. The summed E-state index contributed by atoms with van der Waals surface area (Å²) in [6, 6.07) is 0.469. The quantitative estimate of drug-likeness (QED) is 0.823. The van der Waals surface area contributed by atoms with E-state index in [4.69, 9.17) is 4.74 Å². The minimum Gasteiger partial charge on any atom is -0.457 e. The standard InChI is InChI=1S/C15H27N3O/c1-7-15(5,6)19-14-17-10-13(12(4)18-14)9-16-8-11(2)3/h10-11,16H,7-9H2,1-6H3. The summed E-state index contributed by atoms with van der Waals surface area (Å²) in [6.45, 7) is 14.4. The highest BCUT2D eigenvalue weighted by Gasteiger charge is 2.18. The predicted octanol–water partition coefficient (Wildman–Crippen LogP) is 3.10. The van der Waals surface area contributed by atoms with Crippen LogP contribution in [-0.4, -0.2) is 22.1 Å².